The quantitative estimate of drug-likeness (QED) is 0.781. The molecule has 1 amide bonds. The summed E-state index contributed by atoms with van der Waals surface area (Å²) in [7, 11) is 0. The Kier molecular flexibility index (Phi) is 8.85. The Hall–Kier alpha value is -0.780. The van der Waals surface area contributed by atoms with Gasteiger partial charge in [0.25, 0.3) is 5.91 Å². The monoisotopic (exact) mass is 364 g/mol. The topological polar surface area (TPSA) is 64.3 Å². The molecule has 0 aliphatic heterocycles. The Morgan fingerprint density at radius 3 is 2.30 bits per heavy atom. The summed E-state index contributed by atoms with van der Waals surface area (Å²) >= 11 is 3.34. The van der Waals surface area contributed by atoms with Crippen LogP contribution in [0.3, 0.4) is 0 Å². The van der Waals surface area contributed by atoms with Crippen LogP contribution < -0.4 is 15.8 Å². The molecule has 6 heteroatoms. The summed E-state index contributed by atoms with van der Waals surface area (Å²) in [5.41, 5.74) is 5.42. The van der Waals surface area contributed by atoms with E-state index in [9.17, 15) is 4.79 Å². The fraction of sp³-hybridized carbons (Fsp3) is 0.500. The summed E-state index contributed by atoms with van der Waals surface area (Å²) in [4.78, 5) is 11.9. The summed E-state index contributed by atoms with van der Waals surface area (Å²) in [5.74, 6) is 0.529. The molecule has 0 radical (unpaired) electrons. The van der Waals surface area contributed by atoms with Gasteiger partial charge in [-0.15, -0.1) is 12.4 Å². The number of nitrogens with one attached hydrogen (secondary N) is 1. The number of halogens is 2. The van der Waals surface area contributed by atoms with Crippen molar-refractivity contribution < 1.29 is 9.53 Å². The Bertz CT molecular complexity index is 400. The summed E-state index contributed by atoms with van der Waals surface area (Å²) in [6.45, 7) is 4.48. The van der Waals surface area contributed by atoms with Crippen molar-refractivity contribution >= 4 is 34.2 Å². The van der Waals surface area contributed by atoms with E-state index in [4.69, 9.17) is 10.5 Å². The van der Waals surface area contributed by atoms with Crippen molar-refractivity contribution in [2.45, 2.75) is 32.2 Å². The molecule has 0 fully saturated rings. The van der Waals surface area contributed by atoms with Crippen molar-refractivity contribution in [1.29, 1.82) is 0 Å². The van der Waals surface area contributed by atoms with Gasteiger partial charge in [-0.05, 0) is 37.1 Å². The number of carbonyl (C=O) groups excluding carboxylic acids is 1. The number of hydrogen-bond donors (Lipinski definition) is 2. The molecular weight excluding hydrogens is 344 g/mol. The normalized spacial score (nSPS) is 10.6. The fourth-order valence-electron chi connectivity index (χ4n) is 1.78. The molecule has 1 rings (SSSR count). The number of rotatable bonds is 7. The van der Waals surface area contributed by atoms with Gasteiger partial charge >= 0.3 is 0 Å². The van der Waals surface area contributed by atoms with Crippen LogP contribution in [0.15, 0.2) is 28.7 Å². The molecule has 0 atom stereocenters. The second kappa shape index (κ2) is 9.21. The molecule has 0 aliphatic carbocycles. The third-order valence-corrected chi connectivity index (χ3v) is 3.86. The molecule has 0 aromatic heterocycles. The summed E-state index contributed by atoms with van der Waals surface area (Å²) in [6, 6.07) is 7.37. The Balaban J connectivity index is 0.00000361. The molecule has 0 saturated heterocycles. The van der Waals surface area contributed by atoms with E-state index >= 15 is 0 Å². The van der Waals surface area contributed by atoms with Crippen molar-refractivity contribution in [1.82, 2.24) is 5.32 Å². The van der Waals surface area contributed by atoms with E-state index < -0.39 is 0 Å². The van der Waals surface area contributed by atoms with E-state index in [2.05, 4.69) is 21.2 Å². The molecule has 4 nitrogen and oxygen atoms in total. The minimum atomic E-state index is -0.319. The lowest BCUT2D eigenvalue weighted by molar-refractivity contribution is -0.125. The first-order chi connectivity index (χ1) is 9.05. The van der Waals surface area contributed by atoms with Gasteiger partial charge in [-0.2, -0.15) is 0 Å². The zero-order chi connectivity index (χ0) is 14.3. The molecule has 0 spiro atoms. The highest BCUT2D eigenvalue weighted by molar-refractivity contribution is 9.10. The van der Waals surface area contributed by atoms with Gasteiger partial charge < -0.3 is 15.8 Å². The summed E-state index contributed by atoms with van der Waals surface area (Å²) in [6.07, 6.45) is 1.62. The van der Waals surface area contributed by atoms with Gasteiger partial charge in [-0.25, -0.2) is 0 Å². The first-order valence-electron chi connectivity index (χ1n) is 6.44. The molecular formula is C14H22BrClN2O2. The van der Waals surface area contributed by atoms with Gasteiger partial charge in [0.15, 0.2) is 6.61 Å². The Morgan fingerprint density at radius 1 is 1.30 bits per heavy atom. The van der Waals surface area contributed by atoms with Gasteiger partial charge in [0, 0.05) is 11.0 Å². The van der Waals surface area contributed by atoms with Crippen LogP contribution in [-0.2, 0) is 4.79 Å². The van der Waals surface area contributed by atoms with E-state index in [1.165, 1.54) is 0 Å². The maximum Gasteiger partial charge on any atom is 0.258 e. The SMILES string of the molecule is CCC(CC)(CN)NC(=O)COc1ccc(Br)cc1.Cl. The van der Waals surface area contributed by atoms with Crippen LogP contribution in [0.1, 0.15) is 26.7 Å². The van der Waals surface area contributed by atoms with Crippen LogP contribution in [0.5, 0.6) is 5.75 Å². The van der Waals surface area contributed by atoms with E-state index in [0.29, 0.717) is 12.3 Å². The van der Waals surface area contributed by atoms with Crippen LogP contribution in [0.4, 0.5) is 0 Å². The highest BCUT2D eigenvalue weighted by Crippen LogP contribution is 2.16. The second-order valence-corrected chi connectivity index (χ2v) is 5.40. The summed E-state index contributed by atoms with van der Waals surface area (Å²) < 4.78 is 6.40. The lowest BCUT2D eigenvalue weighted by Crippen LogP contribution is -2.54. The average molecular weight is 366 g/mol. The minimum Gasteiger partial charge on any atom is -0.484 e. The Morgan fingerprint density at radius 2 is 1.85 bits per heavy atom. The van der Waals surface area contributed by atoms with Crippen molar-refractivity contribution in [3.05, 3.63) is 28.7 Å². The molecule has 0 unspecified atom stereocenters. The number of amides is 1. The van der Waals surface area contributed by atoms with E-state index in [-0.39, 0.29) is 30.5 Å². The zero-order valence-electron chi connectivity index (χ0n) is 11.8. The summed E-state index contributed by atoms with van der Waals surface area (Å²) in [5, 5.41) is 2.96. The van der Waals surface area contributed by atoms with Crippen LogP contribution in [0, 0.1) is 0 Å². The Labute approximate surface area is 135 Å². The number of benzene rings is 1. The average Bonchev–Trinajstić information content (AvgIpc) is 2.44. The maximum atomic E-state index is 11.9. The third kappa shape index (κ3) is 5.69. The van der Waals surface area contributed by atoms with Crippen LogP contribution in [-0.4, -0.2) is 24.6 Å². The van der Waals surface area contributed by atoms with E-state index in [0.717, 1.165) is 17.3 Å². The number of ether oxygens (including phenoxy) is 1. The van der Waals surface area contributed by atoms with E-state index in [1.807, 2.05) is 38.1 Å². The third-order valence-electron chi connectivity index (χ3n) is 3.33. The first-order valence-corrected chi connectivity index (χ1v) is 7.24. The highest BCUT2D eigenvalue weighted by Gasteiger charge is 2.26. The lowest BCUT2D eigenvalue weighted by atomic mass is 9.93. The second-order valence-electron chi connectivity index (χ2n) is 4.48. The predicted octanol–water partition coefficient (Wildman–Crippen LogP) is 2.88. The molecule has 1 aromatic carbocycles. The smallest absolute Gasteiger partial charge is 0.258 e. The number of carbonyl (C=O) groups is 1. The molecule has 20 heavy (non-hydrogen) atoms. The molecule has 114 valence electrons. The van der Waals surface area contributed by atoms with Gasteiger partial charge in [0.2, 0.25) is 0 Å². The maximum absolute atomic E-state index is 11.9. The van der Waals surface area contributed by atoms with E-state index in [1.54, 1.807) is 0 Å². The van der Waals surface area contributed by atoms with Gasteiger partial charge in [0.05, 0.1) is 5.54 Å². The van der Waals surface area contributed by atoms with Crippen molar-refractivity contribution in [3.63, 3.8) is 0 Å². The molecule has 0 bridgehead atoms. The van der Waals surface area contributed by atoms with Gasteiger partial charge in [0.1, 0.15) is 5.75 Å². The largest absolute Gasteiger partial charge is 0.484 e. The fourth-order valence-corrected chi connectivity index (χ4v) is 2.04. The molecule has 1 aromatic rings. The highest BCUT2D eigenvalue weighted by atomic mass is 79.9. The minimum absolute atomic E-state index is 0. The van der Waals surface area contributed by atoms with Crippen molar-refractivity contribution in [2.75, 3.05) is 13.2 Å². The zero-order valence-corrected chi connectivity index (χ0v) is 14.2. The van der Waals surface area contributed by atoms with Crippen molar-refractivity contribution in [2.24, 2.45) is 5.73 Å². The van der Waals surface area contributed by atoms with Crippen molar-refractivity contribution in [3.8, 4) is 5.75 Å². The van der Waals surface area contributed by atoms with Crippen LogP contribution >= 0.6 is 28.3 Å². The predicted molar refractivity (Wildman–Crippen MR) is 87.4 cm³/mol. The molecule has 0 saturated carbocycles. The standard InChI is InChI=1S/C14H21BrN2O2.ClH/c1-3-14(4-2,10-16)17-13(18)9-19-12-7-5-11(15)6-8-12;/h5-8H,3-4,9-10,16H2,1-2H3,(H,17,18);1H. The first kappa shape index (κ1) is 19.2. The van der Waals surface area contributed by atoms with Gasteiger partial charge in [-0.3, -0.25) is 4.79 Å². The van der Waals surface area contributed by atoms with Gasteiger partial charge in [-0.1, -0.05) is 29.8 Å². The number of hydrogen-bond acceptors (Lipinski definition) is 3. The molecule has 0 heterocycles. The molecule has 0 aliphatic rings. The molecule has 3 N–H and O–H groups in total. The van der Waals surface area contributed by atoms with Crippen LogP contribution in [0.25, 0.3) is 0 Å². The number of nitrogens with two attached hydrogens (primary N) is 1. The lowest BCUT2D eigenvalue weighted by Gasteiger charge is -2.31. The van der Waals surface area contributed by atoms with Crippen LogP contribution in [0.2, 0.25) is 0 Å².